The van der Waals surface area contributed by atoms with Crippen LogP contribution in [0.15, 0.2) is 43.6 Å². The first kappa shape index (κ1) is 22.9. The van der Waals surface area contributed by atoms with Crippen molar-refractivity contribution in [2.75, 3.05) is 6.54 Å². The highest BCUT2D eigenvalue weighted by Crippen LogP contribution is 2.30. The summed E-state index contributed by atoms with van der Waals surface area (Å²) in [4.78, 5) is -0.289. The fraction of sp³-hybridized carbons (Fsp3) is 0.333. The molecule has 7 nitrogen and oxygen atoms in total. The standard InChI is InChI=1S/C15H20N2O5S3.ClH/c1-10(2)7-17-8-11-3-4-12(5-14(11)18)24(19,20)13-6-15(23-9-13)25(16,21)22;/h3-6,9-10,17-18H,7-8H2,1-2H3,(H2,16,21,22);1H. The van der Waals surface area contributed by atoms with Gasteiger partial charge in [-0.15, -0.1) is 23.7 Å². The van der Waals surface area contributed by atoms with E-state index in [1.54, 1.807) is 0 Å². The maximum Gasteiger partial charge on any atom is 0.247 e. The molecule has 0 fully saturated rings. The van der Waals surface area contributed by atoms with E-state index >= 15 is 0 Å². The van der Waals surface area contributed by atoms with Gasteiger partial charge in [-0.1, -0.05) is 19.9 Å². The van der Waals surface area contributed by atoms with Crippen LogP contribution in [0, 0.1) is 5.92 Å². The number of hydrogen-bond acceptors (Lipinski definition) is 7. The number of phenols is 1. The van der Waals surface area contributed by atoms with Gasteiger partial charge in [-0.25, -0.2) is 22.0 Å². The molecule has 0 spiro atoms. The summed E-state index contributed by atoms with van der Waals surface area (Å²) in [5.41, 5.74) is 0.579. The summed E-state index contributed by atoms with van der Waals surface area (Å²) in [5, 5.41) is 19.5. The summed E-state index contributed by atoms with van der Waals surface area (Å²) in [6.45, 7) is 5.29. The molecule has 0 bridgehead atoms. The lowest BCUT2D eigenvalue weighted by Crippen LogP contribution is -2.19. The molecule has 146 valence electrons. The number of phenolic OH excluding ortho intramolecular Hbond substituents is 1. The third-order valence-corrected chi connectivity index (χ3v) is 7.64. The van der Waals surface area contributed by atoms with E-state index in [1.807, 2.05) is 0 Å². The lowest BCUT2D eigenvalue weighted by atomic mass is 10.2. The van der Waals surface area contributed by atoms with Crippen LogP contribution in [0.3, 0.4) is 0 Å². The molecule has 26 heavy (non-hydrogen) atoms. The molecule has 0 unspecified atom stereocenters. The van der Waals surface area contributed by atoms with Crippen molar-refractivity contribution in [2.45, 2.75) is 34.4 Å². The second-order valence-electron chi connectivity index (χ2n) is 5.97. The lowest BCUT2D eigenvalue weighted by Gasteiger charge is -2.10. The van der Waals surface area contributed by atoms with Gasteiger partial charge in [0.25, 0.3) is 0 Å². The van der Waals surface area contributed by atoms with Gasteiger partial charge in [-0.3, -0.25) is 0 Å². The molecule has 2 aromatic rings. The molecule has 0 aliphatic carbocycles. The van der Waals surface area contributed by atoms with Gasteiger partial charge in [0.1, 0.15) is 9.96 Å². The third kappa shape index (κ3) is 5.41. The van der Waals surface area contributed by atoms with Crippen LogP contribution < -0.4 is 10.5 Å². The lowest BCUT2D eigenvalue weighted by molar-refractivity contribution is 0.459. The highest BCUT2D eigenvalue weighted by Gasteiger charge is 2.23. The number of hydrogen-bond donors (Lipinski definition) is 3. The minimum atomic E-state index is -3.96. The monoisotopic (exact) mass is 440 g/mol. The Kier molecular flexibility index (Phi) is 7.63. The van der Waals surface area contributed by atoms with Crippen molar-refractivity contribution >= 4 is 43.6 Å². The van der Waals surface area contributed by atoms with Crippen molar-refractivity contribution in [3.8, 4) is 5.75 Å². The first-order chi connectivity index (χ1) is 11.5. The van der Waals surface area contributed by atoms with E-state index in [-0.39, 0.29) is 32.2 Å². The summed E-state index contributed by atoms with van der Waals surface area (Å²) in [5.74, 6) is 0.313. The van der Waals surface area contributed by atoms with E-state index in [9.17, 15) is 21.9 Å². The second kappa shape index (κ2) is 8.68. The van der Waals surface area contributed by atoms with Gasteiger partial charge in [0.05, 0.1) is 9.79 Å². The number of aromatic hydroxyl groups is 1. The summed E-state index contributed by atoms with van der Waals surface area (Å²) in [7, 11) is -7.90. The Bertz CT molecular complexity index is 969. The molecule has 0 aliphatic heterocycles. The predicted octanol–water partition coefficient (Wildman–Crippen LogP) is 2.10. The normalized spacial score (nSPS) is 12.2. The van der Waals surface area contributed by atoms with Crippen molar-refractivity contribution in [2.24, 2.45) is 11.1 Å². The molecule has 1 aromatic carbocycles. The van der Waals surface area contributed by atoms with Crippen molar-refractivity contribution in [1.29, 1.82) is 0 Å². The number of sulfone groups is 1. The van der Waals surface area contributed by atoms with E-state index in [0.717, 1.165) is 30.0 Å². The number of sulfonamides is 1. The van der Waals surface area contributed by atoms with Crippen LogP contribution in [0.2, 0.25) is 0 Å². The minimum Gasteiger partial charge on any atom is -0.508 e. The van der Waals surface area contributed by atoms with E-state index in [2.05, 4.69) is 19.2 Å². The number of primary sulfonamides is 1. The van der Waals surface area contributed by atoms with Gasteiger partial charge < -0.3 is 10.4 Å². The Morgan fingerprint density at radius 2 is 1.81 bits per heavy atom. The first-order valence-corrected chi connectivity index (χ1v) is 11.3. The van der Waals surface area contributed by atoms with Crippen molar-refractivity contribution in [3.63, 3.8) is 0 Å². The Morgan fingerprint density at radius 3 is 2.31 bits per heavy atom. The molecule has 2 rings (SSSR count). The molecule has 0 aliphatic rings. The van der Waals surface area contributed by atoms with E-state index in [0.29, 0.717) is 18.0 Å². The van der Waals surface area contributed by atoms with Gasteiger partial charge in [0, 0.05) is 17.5 Å². The zero-order chi connectivity index (χ0) is 18.8. The van der Waals surface area contributed by atoms with E-state index in [1.165, 1.54) is 17.5 Å². The van der Waals surface area contributed by atoms with Crippen molar-refractivity contribution in [3.05, 3.63) is 35.2 Å². The molecule has 1 heterocycles. The van der Waals surface area contributed by atoms with E-state index < -0.39 is 19.9 Å². The van der Waals surface area contributed by atoms with Crippen molar-refractivity contribution < 1.29 is 21.9 Å². The molecule has 11 heteroatoms. The molecule has 1 aromatic heterocycles. The van der Waals surface area contributed by atoms with Crippen LogP contribution in [0.1, 0.15) is 19.4 Å². The first-order valence-electron chi connectivity index (χ1n) is 7.41. The van der Waals surface area contributed by atoms with Gasteiger partial charge in [0.15, 0.2) is 0 Å². The molecular weight excluding hydrogens is 420 g/mol. The number of rotatable bonds is 7. The SMILES string of the molecule is CC(C)CNCc1ccc(S(=O)(=O)c2csc(S(N)(=O)=O)c2)cc1O.Cl. The molecule has 0 amide bonds. The topological polar surface area (TPSA) is 127 Å². The summed E-state index contributed by atoms with van der Waals surface area (Å²) in [6, 6.07) is 5.10. The Labute approximate surface area is 163 Å². The smallest absolute Gasteiger partial charge is 0.247 e. The van der Waals surface area contributed by atoms with Crippen molar-refractivity contribution in [1.82, 2.24) is 5.32 Å². The zero-order valence-electron chi connectivity index (χ0n) is 14.2. The maximum atomic E-state index is 12.6. The number of thiophene rings is 1. The largest absolute Gasteiger partial charge is 0.508 e. The fourth-order valence-corrected chi connectivity index (χ4v) is 5.41. The summed E-state index contributed by atoms with van der Waals surface area (Å²) >= 11 is 0.735. The minimum absolute atomic E-state index is 0. The van der Waals surface area contributed by atoms with Gasteiger partial charge >= 0.3 is 0 Å². The predicted molar refractivity (Wildman–Crippen MR) is 103 cm³/mol. The molecule has 0 atom stereocenters. The highest BCUT2D eigenvalue weighted by molar-refractivity contribution is 7.92. The van der Waals surface area contributed by atoms with Crippen LogP contribution in [0.5, 0.6) is 5.75 Å². The van der Waals surface area contributed by atoms with Crippen LogP contribution in [0.4, 0.5) is 0 Å². The quantitative estimate of drug-likeness (QED) is 0.605. The molecular formula is C15H21ClN2O5S3. The van der Waals surface area contributed by atoms with Crippen LogP contribution in [0.25, 0.3) is 0 Å². The van der Waals surface area contributed by atoms with E-state index in [4.69, 9.17) is 5.14 Å². The molecule has 0 radical (unpaired) electrons. The Hall–Kier alpha value is -1.17. The number of halogens is 1. The molecule has 4 N–H and O–H groups in total. The van der Waals surface area contributed by atoms with Crippen LogP contribution >= 0.6 is 23.7 Å². The number of benzene rings is 1. The van der Waals surface area contributed by atoms with Gasteiger partial charge in [-0.2, -0.15) is 0 Å². The fourth-order valence-electron chi connectivity index (χ4n) is 2.08. The average molecular weight is 441 g/mol. The average Bonchev–Trinajstić information content (AvgIpc) is 2.99. The summed E-state index contributed by atoms with van der Waals surface area (Å²) in [6.07, 6.45) is 0. The third-order valence-electron chi connectivity index (χ3n) is 3.38. The number of nitrogens with two attached hydrogens (primary N) is 1. The van der Waals surface area contributed by atoms with Gasteiger partial charge in [0.2, 0.25) is 19.9 Å². The Morgan fingerprint density at radius 1 is 1.15 bits per heavy atom. The molecule has 0 saturated heterocycles. The summed E-state index contributed by atoms with van der Waals surface area (Å²) < 4.78 is 47.5. The number of nitrogens with one attached hydrogen (secondary N) is 1. The molecule has 0 saturated carbocycles. The highest BCUT2D eigenvalue weighted by atomic mass is 35.5. The van der Waals surface area contributed by atoms with Crippen LogP contribution in [-0.4, -0.2) is 28.5 Å². The maximum absolute atomic E-state index is 12.6. The van der Waals surface area contributed by atoms with Gasteiger partial charge in [-0.05, 0) is 30.7 Å². The zero-order valence-corrected chi connectivity index (χ0v) is 17.4. The Balaban J connectivity index is 0.00000338. The second-order valence-corrected chi connectivity index (χ2v) is 10.6. The van der Waals surface area contributed by atoms with Crippen LogP contribution in [-0.2, 0) is 26.4 Å².